The van der Waals surface area contributed by atoms with Crippen LogP contribution in [0.2, 0.25) is 0 Å². The highest BCUT2D eigenvalue weighted by molar-refractivity contribution is 8.03. The summed E-state index contributed by atoms with van der Waals surface area (Å²) in [5, 5.41) is 31.0. The number of nitrogens with one attached hydrogen (secondary N) is 2. The highest BCUT2D eigenvalue weighted by atomic mass is 32.2. The number of carboxylic acids is 1. The number of amides is 2. The first-order valence-electron chi connectivity index (χ1n) is 11.6. The van der Waals surface area contributed by atoms with Crippen LogP contribution in [0.4, 0.5) is 0 Å². The minimum atomic E-state index is -1.13. The second-order valence-corrected chi connectivity index (χ2v) is 10.8. The van der Waals surface area contributed by atoms with E-state index in [9.17, 15) is 24.6 Å². The Balaban J connectivity index is 1.41. The molecule has 4 N–H and O–H groups in total. The van der Waals surface area contributed by atoms with Crippen molar-refractivity contribution < 1.29 is 24.6 Å². The number of thioether (sulfide) groups is 1. The summed E-state index contributed by atoms with van der Waals surface area (Å²) in [4.78, 5) is 43.5. The van der Waals surface area contributed by atoms with E-state index in [1.165, 1.54) is 16.7 Å². The van der Waals surface area contributed by atoms with Crippen LogP contribution < -0.4 is 5.32 Å². The van der Waals surface area contributed by atoms with Gasteiger partial charge in [0.1, 0.15) is 5.70 Å². The molecule has 0 aromatic carbocycles. The lowest BCUT2D eigenvalue weighted by atomic mass is 9.79. The van der Waals surface area contributed by atoms with Gasteiger partial charge in [0.15, 0.2) is 0 Å². The molecule has 4 aliphatic rings. The lowest BCUT2D eigenvalue weighted by Gasteiger charge is -2.46. The number of nitrogens with zero attached hydrogens (tertiary/aromatic N) is 3. The van der Waals surface area contributed by atoms with Gasteiger partial charge in [-0.2, -0.15) is 0 Å². The van der Waals surface area contributed by atoms with Crippen molar-refractivity contribution in [2.75, 3.05) is 32.7 Å². The zero-order valence-electron chi connectivity index (χ0n) is 19.3. The van der Waals surface area contributed by atoms with Gasteiger partial charge in [-0.3, -0.25) is 15.0 Å². The number of aliphatic hydroxyl groups is 1. The summed E-state index contributed by atoms with van der Waals surface area (Å²) in [5.41, 5.74) is 0.0313. The van der Waals surface area contributed by atoms with Crippen molar-refractivity contribution in [1.82, 2.24) is 20.0 Å². The van der Waals surface area contributed by atoms with Crippen LogP contribution in [-0.4, -0.2) is 105 Å². The average molecular weight is 480 g/mol. The third-order valence-corrected chi connectivity index (χ3v) is 8.79. The number of hydrogen-bond donors (Lipinski definition) is 4. The quantitative estimate of drug-likeness (QED) is 0.248. The number of fused-ring (bicyclic) bond motifs is 1. The normalized spacial score (nSPS) is 33.0. The summed E-state index contributed by atoms with van der Waals surface area (Å²) < 4.78 is 0. The van der Waals surface area contributed by atoms with Crippen LogP contribution in [0.25, 0.3) is 0 Å². The zero-order chi connectivity index (χ0) is 24.0. The SMILES string of the molecule is CC(=N)N1CCCN(C(=O)[C@@H]2C[C@H](SC3=C(C(=O)O)N4C(=O)[C@H]([C@@H](C)O)[C@H]4[C@H]3C)CN2)CC1. The van der Waals surface area contributed by atoms with Gasteiger partial charge in [-0.15, -0.1) is 11.8 Å². The summed E-state index contributed by atoms with van der Waals surface area (Å²) in [6, 6.07) is -0.639. The van der Waals surface area contributed by atoms with Gasteiger partial charge < -0.3 is 30.2 Å². The third kappa shape index (κ3) is 4.26. The van der Waals surface area contributed by atoms with Crippen molar-refractivity contribution in [2.24, 2.45) is 11.8 Å². The Bertz CT molecular complexity index is 892. The fourth-order valence-corrected chi connectivity index (χ4v) is 7.01. The summed E-state index contributed by atoms with van der Waals surface area (Å²) in [5.74, 6) is -1.62. The van der Waals surface area contributed by atoms with E-state index in [0.29, 0.717) is 43.3 Å². The van der Waals surface area contributed by atoms with Crippen LogP contribution in [0.15, 0.2) is 10.6 Å². The number of hydrogen-bond acceptors (Lipinski definition) is 7. The second-order valence-electron chi connectivity index (χ2n) is 9.46. The minimum absolute atomic E-state index is 0.0249. The van der Waals surface area contributed by atoms with Crippen LogP contribution in [0.1, 0.15) is 33.6 Å². The number of aliphatic carboxylic acids is 1. The molecule has 182 valence electrons. The highest BCUT2D eigenvalue weighted by Gasteiger charge is 2.60. The molecule has 0 bridgehead atoms. The monoisotopic (exact) mass is 479 g/mol. The van der Waals surface area contributed by atoms with Gasteiger partial charge in [-0.1, -0.05) is 6.92 Å². The van der Waals surface area contributed by atoms with Crippen molar-refractivity contribution in [3.05, 3.63) is 10.6 Å². The largest absolute Gasteiger partial charge is 0.477 e. The molecule has 6 atom stereocenters. The van der Waals surface area contributed by atoms with Gasteiger partial charge in [0.05, 0.1) is 29.9 Å². The number of carbonyl (C=O) groups excluding carboxylic acids is 2. The number of aliphatic hydroxyl groups excluding tert-OH is 1. The maximum Gasteiger partial charge on any atom is 0.353 e. The Morgan fingerprint density at radius 1 is 1.21 bits per heavy atom. The van der Waals surface area contributed by atoms with Gasteiger partial charge in [-0.05, 0) is 26.7 Å². The van der Waals surface area contributed by atoms with Gasteiger partial charge in [-0.25, -0.2) is 4.79 Å². The van der Waals surface area contributed by atoms with Gasteiger partial charge >= 0.3 is 5.97 Å². The summed E-state index contributed by atoms with van der Waals surface area (Å²) >= 11 is 1.45. The number of rotatable bonds is 5. The minimum Gasteiger partial charge on any atom is -0.477 e. The summed E-state index contributed by atoms with van der Waals surface area (Å²) in [6.07, 6.45) is 0.598. The molecule has 4 aliphatic heterocycles. The van der Waals surface area contributed by atoms with Crippen molar-refractivity contribution in [3.8, 4) is 0 Å². The molecular weight excluding hydrogens is 446 g/mol. The second kappa shape index (κ2) is 9.27. The molecule has 0 saturated carbocycles. The predicted molar refractivity (Wildman–Crippen MR) is 124 cm³/mol. The third-order valence-electron chi connectivity index (χ3n) is 7.28. The fourth-order valence-electron chi connectivity index (χ4n) is 5.53. The van der Waals surface area contributed by atoms with E-state index < -0.39 is 18.0 Å². The topological polar surface area (TPSA) is 137 Å². The standard InChI is InChI=1S/C22H33N5O5S/c1-11-17-16(12(2)28)21(30)27(17)18(22(31)32)19(11)33-14-9-15(24-10-14)20(29)26-6-4-5-25(7-8-26)13(3)23/h11-12,14-17,23-24,28H,4-10H2,1-3H3,(H,31,32)/t11-,12-,14+,15+,16-,17-/m1/s1. The maximum atomic E-state index is 13.1. The first kappa shape index (κ1) is 24.0. The smallest absolute Gasteiger partial charge is 0.353 e. The maximum absolute atomic E-state index is 13.1. The molecule has 0 radical (unpaired) electrons. The molecule has 4 rings (SSSR count). The molecule has 0 spiro atoms. The Morgan fingerprint density at radius 2 is 1.88 bits per heavy atom. The molecule has 4 heterocycles. The Morgan fingerprint density at radius 3 is 2.52 bits per heavy atom. The molecule has 0 aromatic heterocycles. The van der Waals surface area contributed by atoms with E-state index in [-0.39, 0.29) is 40.8 Å². The fraction of sp³-hybridized carbons (Fsp3) is 0.727. The molecule has 10 nitrogen and oxygen atoms in total. The molecule has 0 aromatic rings. The number of carbonyl (C=O) groups is 3. The molecule has 11 heteroatoms. The van der Waals surface area contributed by atoms with E-state index in [1.807, 2.05) is 16.7 Å². The predicted octanol–water partition coefficient (Wildman–Crippen LogP) is 0.135. The Hall–Kier alpha value is -2.11. The van der Waals surface area contributed by atoms with Gasteiger partial charge in [0.25, 0.3) is 0 Å². The molecule has 0 aliphatic carbocycles. The average Bonchev–Trinajstić information content (AvgIpc) is 3.18. The highest BCUT2D eigenvalue weighted by Crippen LogP contribution is 2.51. The lowest BCUT2D eigenvalue weighted by Crippen LogP contribution is -2.63. The number of amidine groups is 1. The van der Waals surface area contributed by atoms with Crippen molar-refractivity contribution in [1.29, 1.82) is 5.41 Å². The van der Waals surface area contributed by atoms with Crippen molar-refractivity contribution in [3.63, 3.8) is 0 Å². The van der Waals surface area contributed by atoms with Crippen LogP contribution in [0.5, 0.6) is 0 Å². The van der Waals surface area contributed by atoms with E-state index in [0.717, 1.165) is 13.0 Å². The van der Waals surface area contributed by atoms with Crippen molar-refractivity contribution in [2.45, 2.75) is 57.1 Å². The first-order chi connectivity index (χ1) is 15.6. The Labute approximate surface area is 197 Å². The number of carboxylic acid groups (broad SMARTS) is 1. The van der Waals surface area contributed by atoms with Crippen molar-refractivity contribution >= 4 is 35.4 Å². The summed E-state index contributed by atoms with van der Waals surface area (Å²) in [6.45, 7) is 8.54. The Kier molecular flexibility index (Phi) is 6.75. The zero-order valence-corrected chi connectivity index (χ0v) is 20.1. The molecule has 3 saturated heterocycles. The van der Waals surface area contributed by atoms with Crippen LogP contribution in [0, 0.1) is 17.2 Å². The lowest BCUT2D eigenvalue weighted by molar-refractivity contribution is -0.163. The van der Waals surface area contributed by atoms with Gasteiger partial charge in [0.2, 0.25) is 11.8 Å². The first-order valence-corrected chi connectivity index (χ1v) is 12.5. The van der Waals surface area contributed by atoms with Crippen LogP contribution in [-0.2, 0) is 14.4 Å². The van der Waals surface area contributed by atoms with Crippen LogP contribution >= 0.6 is 11.8 Å². The molecule has 2 amide bonds. The molecule has 3 fully saturated rings. The van der Waals surface area contributed by atoms with E-state index in [4.69, 9.17) is 5.41 Å². The summed E-state index contributed by atoms with van der Waals surface area (Å²) in [7, 11) is 0. The van der Waals surface area contributed by atoms with Gasteiger partial charge in [0, 0.05) is 48.8 Å². The molecular formula is C22H33N5O5S. The van der Waals surface area contributed by atoms with E-state index in [2.05, 4.69) is 5.32 Å². The molecule has 33 heavy (non-hydrogen) atoms. The number of β-lactam (4-membered cyclic amide) rings is 1. The van der Waals surface area contributed by atoms with E-state index in [1.54, 1.807) is 13.8 Å². The molecule has 0 unspecified atom stereocenters. The van der Waals surface area contributed by atoms with E-state index >= 15 is 0 Å². The van der Waals surface area contributed by atoms with Crippen LogP contribution in [0.3, 0.4) is 0 Å².